The van der Waals surface area contributed by atoms with Crippen LogP contribution in [-0.4, -0.2) is 5.91 Å². The van der Waals surface area contributed by atoms with Crippen molar-refractivity contribution in [2.75, 3.05) is 5.32 Å². The number of amides is 1. The van der Waals surface area contributed by atoms with E-state index in [1.54, 1.807) is 30.3 Å². The van der Waals surface area contributed by atoms with E-state index in [-0.39, 0.29) is 11.3 Å². The maximum atomic E-state index is 12.7. The summed E-state index contributed by atoms with van der Waals surface area (Å²) in [6, 6.07) is 12.8. The summed E-state index contributed by atoms with van der Waals surface area (Å²) >= 11 is 5.78. The molecule has 2 aromatic carbocycles. The molecule has 0 radical (unpaired) electrons. The van der Waals surface area contributed by atoms with E-state index in [0.717, 1.165) is 17.7 Å². The van der Waals surface area contributed by atoms with Crippen molar-refractivity contribution in [3.05, 3.63) is 76.5 Å². The van der Waals surface area contributed by atoms with E-state index < -0.39 is 17.6 Å². The Balaban J connectivity index is 2.02. The summed E-state index contributed by atoms with van der Waals surface area (Å²) in [5.74, 6) is -0.810. The third-order valence-electron chi connectivity index (χ3n) is 3.28. The van der Waals surface area contributed by atoms with Crippen LogP contribution in [0.5, 0.6) is 0 Å². The summed E-state index contributed by atoms with van der Waals surface area (Å²) in [4.78, 5) is 12.1. The normalized spacial score (nSPS) is 11.6. The minimum atomic E-state index is -4.52. The van der Waals surface area contributed by atoms with Crippen LogP contribution in [0, 0.1) is 11.3 Å². The van der Waals surface area contributed by atoms with E-state index in [2.05, 4.69) is 10.6 Å². The second-order valence-corrected chi connectivity index (χ2v) is 5.65. The zero-order chi connectivity index (χ0) is 19.2. The summed E-state index contributed by atoms with van der Waals surface area (Å²) in [6.07, 6.45) is -3.31. The monoisotopic (exact) mass is 379 g/mol. The first-order valence-electron chi connectivity index (χ1n) is 7.36. The summed E-state index contributed by atoms with van der Waals surface area (Å²) in [5.41, 5.74) is -0.333. The average Bonchev–Trinajstić information content (AvgIpc) is 2.59. The summed E-state index contributed by atoms with van der Waals surface area (Å²) in [7, 11) is 0. The van der Waals surface area contributed by atoms with Crippen molar-refractivity contribution in [2.45, 2.75) is 12.7 Å². The van der Waals surface area contributed by atoms with Gasteiger partial charge in [0.05, 0.1) is 5.56 Å². The predicted molar refractivity (Wildman–Crippen MR) is 92.1 cm³/mol. The highest BCUT2D eigenvalue weighted by atomic mass is 35.5. The van der Waals surface area contributed by atoms with Crippen molar-refractivity contribution in [1.29, 1.82) is 5.26 Å². The second-order valence-electron chi connectivity index (χ2n) is 5.21. The molecule has 0 fully saturated rings. The highest BCUT2D eigenvalue weighted by Crippen LogP contribution is 2.30. The Bertz CT molecular complexity index is 855. The van der Waals surface area contributed by atoms with Crippen LogP contribution in [0.2, 0.25) is 5.02 Å². The van der Waals surface area contributed by atoms with Crippen LogP contribution in [-0.2, 0) is 17.5 Å². The molecule has 0 aliphatic carbocycles. The van der Waals surface area contributed by atoms with Crippen LogP contribution in [0.25, 0.3) is 0 Å². The van der Waals surface area contributed by atoms with Gasteiger partial charge >= 0.3 is 6.18 Å². The number of rotatable bonds is 5. The van der Waals surface area contributed by atoms with Gasteiger partial charge in [-0.2, -0.15) is 18.4 Å². The number of carbonyl (C=O) groups is 1. The average molecular weight is 380 g/mol. The van der Waals surface area contributed by atoms with Crippen molar-refractivity contribution in [1.82, 2.24) is 5.32 Å². The highest BCUT2D eigenvalue weighted by molar-refractivity contribution is 6.30. The molecule has 2 N–H and O–H groups in total. The number of benzene rings is 2. The molecule has 0 aliphatic heterocycles. The Morgan fingerprint density at radius 1 is 1.19 bits per heavy atom. The molecule has 2 rings (SSSR count). The first-order valence-corrected chi connectivity index (χ1v) is 7.74. The molecule has 8 heteroatoms. The van der Waals surface area contributed by atoms with Crippen LogP contribution in [0.4, 0.5) is 18.9 Å². The summed E-state index contributed by atoms with van der Waals surface area (Å²) in [6.45, 7) is 0.346. The molecule has 26 heavy (non-hydrogen) atoms. The zero-order valence-electron chi connectivity index (χ0n) is 13.3. The minimum absolute atomic E-state index is 0.0522. The molecule has 0 saturated heterocycles. The standard InChI is InChI=1S/C18H13ClF3N3O/c19-15-6-4-12(5-7-15)10-24-11-13(9-23)17(26)25-16-3-1-2-14(8-16)18(20,21)22/h1-8,11,24H,10H2,(H,25,26)/b13-11-. The van der Waals surface area contributed by atoms with Crippen molar-refractivity contribution >= 4 is 23.2 Å². The Kier molecular flexibility index (Phi) is 6.26. The fraction of sp³-hybridized carbons (Fsp3) is 0.111. The van der Waals surface area contributed by atoms with Crippen molar-refractivity contribution in [3.8, 4) is 6.07 Å². The van der Waals surface area contributed by atoms with E-state index in [9.17, 15) is 18.0 Å². The van der Waals surface area contributed by atoms with Crippen molar-refractivity contribution in [3.63, 3.8) is 0 Å². The van der Waals surface area contributed by atoms with Gasteiger partial charge in [0, 0.05) is 23.5 Å². The highest BCUT2D eigenvalue weighted by Gasteiger charge is 2.30. The van der Waals surface area contributed by atoms with Gasteiger partial charge in [-0.1, -0.05) is 29.8 Å². The lowest BCUT2D eigenvalue weighted by atomic mass is 10.2. The van der Waals surface area contributed by atoms with Gasteiger partial charge in [0.1, 0.15) is 11.6 Å². The van der Waals surface area contributed by atoms with Crippen molar-refractivity contribution in [2.24, 2.45) is 0 Å². The molecular formula is C18H13ClF3N3O. The molecule has 0 atom stereocenters. The fourth-order valence-electron chi connectivity index (χ4n) is 1.99. The smallest absolute Gasteiger partial charge is 0.386 e. The van der Waals surface area contributed by atoms with E-state index in [1.165, 1.54) is 18.3 Å². The number of nitrogens with zero attached hydrogens (tertiary/aromatic N) is 1. The molecule has 0 saturated carbocycles. The molecule has 2 aromatic rings. The number of nitrogens with one attached hydrogen (secondary N) is 2. The van der Waals surface area contributed by atoms with Gasteiger partial charge < -0.3 is 10.6 Å². The lowest BCUT2D eigenvalue weighted by Crippen LogP contribution is -2.17. The number of carbonyl (C=O) groups excluding carboxylic acids is 1. The number of halogens is 4. The maximum Gasteiger partial charge on any atom is 0.416 e. The molecule has 0 unspecified atom stereocenters. The largest absolute Gasteiger partial charge is 0.416 e. The molecule has 0 spiro atoms. The molecule has 134 valence electrons. The van der Waals surface area contributed by atoms with E-state index in [4.69, 9.17) is 16.9 Å². The van der Waals surface area contributed by atoms with Crippen molar-refractivity contribution < 1.29 is 18.0 Å². The Morgan fingerprint density at radius 2 is 1.88 bits per heavy atom. The summed E-state index contributed by atoms with van der Waals surface area (Å²) < 4.78 is 38.1. The van der Waals surface area contributed by atoms with Gasteiger partial charge in [0.15, 0.2) is 0 Å². The van der Waals surface area contributed by atoms with E-state index in [0.29, 0.717) is 11.6 Å². The topological polar surface area (TPSA) is 64.9 Å². The third-order valence-corrected chi connectivity index (χ3v) is 3.53. The van der Waals surface area contributed by atoms with E-state index in [1.807, 2.05) is 0 Å². The predicted octanol–water partition coefficient (Wildman–Crippen LogP) is 4.49. The Morgan fingerprint density at radius 3 is 2.50 bits per heavy atom. The summed E-state index contributed by atoms with van der Waals surface area (Å²) in [5, 5.41) is 14.7. The number of alkyl halides is 3. The van der Waals surface area contributed by atoms with Gasteiger partial charge in [-0.25, -0.2) is 0 Å². The molecule has 0 bridgehead atoms. The fourth-order valence-corrected chi connectivity index (χ4v) is 2.12. The van der Waals surface area contributed by atoms with E-state index >= 15 is 0 Å². The van der Waals surface area contributed by atoms with Gasteiger partial charge in [-0.05, 0) is 35.9 Å². The lowest BCUT2D eigenvalue weighted by molar-refractivity contribution is -0.137. The molecule has 0 aromatic heterocycles. The Labute approximate surface area is 152 Å². The zero-order valence-corrected chi connectivity index (χ0v) is 14.0. The van der Waals surface area contributed by atoms with Crippen LogP contribution in [0.3, 0.4) is 0 Å². The molecule has 4 nitrogen and oxygen atoms in total. The maximum absolute atomic E-state index is 12.7. The first kappa shape index (κ1) is 19.3. The van der Waals surface area contributed by atoms with Gasteiger partial charge in [0.2, 0.25) is 0 Å². The quantitative estimate of drug-likeness (QED) is 0.594. The number of nitriles is 1. The molecule has 0 heterocycles. The van der Waals surface area contributed by atoms with Crippen LogP contribution in [0.1, 0.15) is 11.1 Å². The lowest BCUT2D eigenvalue weighted by Gasteiger charge is -2.09. The number of hydrogen-bond acceptors (Lipinski definition) is 3. The minimum Gasteiger partial charge on any atom is -0.386 e. The van der Waals surface area contributed by atoms with Crippen LogP contribution < -0.4 is 10.6 Å². The van der Waals surface area contributed by atoms with Gasteiger partial charge in [0.25, 0.3) is 5.91 Å². The first-order chi connectivity index (χ1) is 12.3. The second kappa shape index (κ2) is 8.41. The SMILES string of the molecule is N#C/C(=C/NCc1ccc(Cl)cc1)C(=O)Nc1cccc(C(F)(F)F)c1. The van der Waals surface area contributed by atoms with Gasteiger partial charge in [-0.15, -0.1) is 0 Å². The van der Waals surface area contributed by atoms with Crippen LogP contribution in [0.15, 0.2) is 60.3 Å². The number of hydrogen-bond donors (Lipinski definition) is 2. The van der Waals surface area contributed by atoms with Crippen LogP contribution >= 0.6 is 11.6 Å². The molecule has 0 aliphatic rings. The molecule has 1 amide bonds. The number of anilines is 1. The Hall–Kier alpha value is -2.98. The van der Waals surface area contributed by atoms with Gasteiger partial charge in [-0.3, -0.25) is 4.79 Å². The third kappa shape index (κ3) is 5.53. The molecular weight excluding hydrogens is 367 g/mol.